The summed E-state index contributed by atoms with van der Waals surface area (Å²) in [5.74, 6) is -3.30. The molecule has 2 amide bonds. The third kappa shape index (κ3) is 3.19. The van der Waals surface area contributed by atoms with E-state index < -0.39 is 19.0 Å². The van der Waals surface area contributed by atoms with Crippen molar-refractivity contribution in [1.82, 2.24) is 19.6 Å². The predicted octanol–water partition coefficient (Wildman–Crippen LogP) is 0.280. The molecular formula is C14H18F2N4O3. The lowest BCUT2D eigenvalue weighted by Crippen LogP contribution is -2.59. The van der Waals surface area contributed by atoms with Gasteiger partial charge in [0.2, 0.25) is 11.8 Å². The number of aromatic nitrogens is 2. The molecule has 1 atom stereocenters. The third-order valence-corrected chi connectivity index (χ3v) is 4.11. The van der Waals surface area contributed by atoms with Crippen LogP contribution in [0.5, 0.6) is 0 Å². The second-order valence-corrected chi connectivity index (χ2v) is 5.94. The average Bonchev–Trinajstić information content (AvgIpc) is 2.93. The molecule has 1 saturated heterocycles. The van der Waals surface area contributed by atoms with E-state index in [0.717, 1.165) is 10.6 Å². The number of halogens is 2. The zero-order valence-electron chi connectivity index (χ0n) is 12.7. The minimum absolute atomic E-state index is 0.0346. The maximum atomic E-state index is 12.9. The summed E-state index contributed by atoms with van der Waals surface area (Å²) in [7, 11) is 1.44. The largest absolute Gasteiger partial charge is 0.375 e. The predicted molar refractivity (Wildman–Crippen MR) is 74.7 cm³/mol. The fourth-order valence-electron chi connectivity index (χ4n) is 2.96. The number of fused-ring (bicyclic) bond motifs is 1. The summed E-state index contributed by atoms with van der Waals surface area (Å²) in [5, 5.41) is 4.19. The Balaban J connectivity index is 1.68. The van der Waals surface area contributed by atoms with Crippen LogP contribution in [-0.4, -0.2) is 70.7 Å². The van der Waals surface area contributed by atoms with Crippen LogP contribution in [0.2, 0.25) is 0 Å². The van der Waals surface area contributed by atoms with E-state index in [9.17, 15) is 18.4 Å². The summed E-state index contributed by atoms with van der Waals surface area (Å²) in [6.07, 6.45) is 1.65. The van der Waals surface area contributed by atoms with E-state index in [-0.39, 0.29) is 30.9 Å². The van der Waals surface area contributed by atoms with Gasteiger partial charge in [0.15, 0.2) is 0 Å². The number of carbonyl (C=O) groups excluding carboxylic acids is 2. The summed E-state index contributed by atoms with van der Waals surface area (Å²) in [5.41, 5.74) is 0.812. The molecular weight excluding hydrogens is 310 g/mol. The van der Waals surface area contributed by atoms with Crippen molar-refractivity contribution in [2.45, 2.75) is 24.9 Å². The van der Waals surface area contributed by atoms with Gasteiger partial charge in [-0.25, -0.2) is 8.78 Å². The maximum Gasteiger partial charge on any atom is 0.282 e. The molecule has 2 aliphatic heterocycles. The van der Waals surface area contributed by atoms with Crippen molar-refractivity contribution in [2.24, 2.45) is 0 Å². The average molecular weight is 328 g/mol. The second-order valence-electron chi connectivity index (χ2n) is 5.94. The number of likely N-dealkylation sites (tertiary alicyclic amines) is 1. The first-order valence-corrected chi connectivity index (χ1v) is 7.34. The molecule has 0 spiro atoms. The first-order valence-electron chi connectivity index (χ1n) is 7.34. The lowest BCUT2D eigenvalue weighted by Gasteiger charge is -2.40. The molecule has 0 bridgehead atoms. The van der Waals surface area contributed by atoms with E-state index in [2.05, 4.69) is 5.10 Å². The Bertz CT molecular complexity index is 611. The number of carbonyl (C=O) groups is 2. The summed E-state index contributed by atoms with van der Waals surface area (Å²) >= 11 is 0. The molecule has 126 valence electrons. The van der Waals surface area contributed by atoms with Gasteiger partial charge < -0.3 is 14.5 Å². The van der Waals surface area contributed by atoms with E-state index in [1.165, 1.54) is 7.11 Å². The van der Waals surface area contributed by atoms with Gasteiger partial charge in [0, 0.05) is 19.9 Å². The standard InChI is InChI=1S/C14H18F2N4O3/c1-23-7-13(22)18-5-10-2-3-17-20(10)11(6-18)4-12(21)19-8-14(15,16)9-19/h2-3,11H,4-9H2,1H3. The first-order chi connectivity index (χ1) is 10.9. The highest BCUT2D eigenvalue weighted by molar-refractivity contribution is 5.79. The van der Waals surface area contributed by atoms with Crippen molar-refractivity contribution in [1.29, 1.82) is 0 Å². The molecule has 1 aromatic rings. The summed E-state index contributed by atoms with van der Waals surface area (Å²) in [6.45, 7) is -0.387. The molecule has 0 aliphatic carbocycles. The van der Waals surface area contributed by atoms with Gasteiger partial charge in [-0.15, -0.1) is 0 Å². The van der Waals surface area contributed by atoms with E-state index in [4.69, 9.17) is 4.74 Å². The Morgan fingerprint density at radius 2 is 2.09 bits per heavy atom. The molecule has 1 fully saturated rings. The van der Waals surface area contributed by atoms with Gasteiger partial charge in [-0.05, 0) is 6.07 Å². The van der Waals surface area contributed by atoms with Crippen molar-refractivity contribution >= 4 is 11.8 Å². The van der Waals surface area contributed by atoms with Crippen molar-refractivity contribution in [2.75, 3.05) is 33.4 Å². The monoisotopic (exact) mass is 328 g/mol. The second kappa shape index (κ2) is 5.88. The minimum atomic E-state index is -2.78. The molecule has 0 radical (unpaired) electrons. The third-order valence-electron chi connectivity index (χ3n) is 4.11. The molecule has 0 aromatic carbocycles. The maximum absolute atomic E-state index is 12.9. The van der Waals surface area contributed by atoms with Crippen LogP contribution in [0.1, 0.15) is 18.2 Å². The smallest absolute Gasteiger partial charge is 0.282 e. The van der Waals surface area contributed by atoms with Crippen LogP contribution < -0.4 is 0 Å². The molecule has 1 unspecified atom stereocenters. The summed E-state index contributed by atoms with van der Waals surface area (Å²) in [4.78, 5) is 26.9. The molecule has 3 rings (SSSR count). The summed E-state index contributed by atoms with van der Waals surface area (Å²) < 4.78 is 32.3. The van der Waals surface area contributed by atoms with Gasteiger partial charge in [-0.2, -0.15) is 5.10 Å². The zero-order valence-corrected chi connectivity index (χ0v) is 12.7. The molecule has 0 N–H and O–H groups in total. The van der Waals surface area contributed by atoms with E-state index in [1.54, 1.807) is 21.8 Å². The number of methoxy groups -OCH3 is 1. The highest BCUT2D eigenvalue weighted by atomic mass is 19.3. The van der Waals surface area contributed by atoms with Crippen molar-refractivity contribution in [3.8, 4) is 0 Å². The van der Waals surface area contributed by atoms with E-state index >= 15 is 0 Å². The molecule has 3 heterocycles. The molecule has 2 aliphatic rings. The molecule has 23 heavy (non-hydrogen) atoms. The highest BCUT2D eigenvalue weighted by Gasteiger charge is 2.46. The zero-order chi connectivity index (χ0) is 16.6. The topological polar surface area (TPSA) is 67.7 Å². The van der Waals surface area contributed by atoms with Crippen LogP contribution >= 0.6 is 0 Å². The lowest BCUT2D eigenvalue weighted by molar-refractivity contribution is -0.167. The number of ether oxygens (including phenoxy) is 1. The number of amides is 2. The van der Waals surface area contributed by atoms with Gasteiger partial charge in [0.05, 0.1) is 37.8 Å². The van der Waals surface area contributed by atoms with Gasteiger partial charge in [-0.3, -0.25) is 14.3 Å². The van der Waals surface area contributed by atoms with Gasteiger partial charge in [0.25, 0.3) is 5.92 Å². The van der Waals surface area contributed by atoms with Crippen LogP contribution in [0.4, 0.5) is 8.78 Å². The lowest BCUT2D eigenvalue weighted by atomic mass is 10.1. The quantitative estimate of drug-likeness (QED) is 0.796. The van der Waals surface area contributed by atoms with Crippen LogP contribution in [0.3, 0.4) is 0 Å². The van der Waals surface area contributed by atoms with Crippen molar-refractivity contribution in [3.63, 3.8) is 0 Å². The van der Waals surface area contributed by atoms with Crippen molar-refractivity contribution < 1.29 is 23.1 Å². The van der Waals surface area contributed by atoms with Crippen LogP contribution in [0.25, 0.3) is 0 Å². The number of hydrogen-bond donors (Lipinski definition) is 0. The van der Waals surface area contributed by atoms with Crippen LogP contribution in [0, 0.1) is 0 Å². The van der Waals surface area contributed by atoms with Crippen LogP contribution in [0.15, 0.2) is 12.3 Å². The van der Waals surface area contributed by atoms with E-state index in [0.29, 0.717) is 13.1 Å². The normalized spacial score (nSPS) is 22.5. The molecule has 9 heteroatoms. The fraction of sp³-hybridized carbons (Fsp3) is 0.643. The minimum Gasteiger partial charge on any atom is -0.375 e. The fourth-order valence-corrected chi connectivity index (χ4v) is 2.96. The summed E-state index contributed by atoms with van der Waals surface area (Å²) in [6, 6.07) is 1.43. The molecule has 1 aromatic heterocycles. The Morgan fingerprint density at radius 3 is 2.74 bits per heavy atom. The first kappa shape index (κ1) is 15.9. The Labute approximate surface area is 131 Å². The van der Waals surface area contributed by atoms with Gasteiger partial charge in [-0.1, -0.05) is 0 Å². The Kier molecular flexibility index (Phi) is 4.05. The number of hydrogen-bond acceptors (Lipinski definition) is 4. The van der Waals surface area contributed by atoms with Gasteiger partial charge >= 0.3 is 0 Å². The SMILES string of the molecule is COCC(=O)N1Cc2ccnn2C(CC(=O)N2CC(F)(F)C2)C1. The molecule has 7 nitrogen and oxygen atoms in total. The molecule has 0 saturated carbocycles. The Morgan fingerprint density at radius 1 is 1.35 bits per heavy atom. The number of nitrogens with zero attached hydrogens (tertiary/aromatic N) is 4. The van der Waals surface area contributed by atoms with Crippen molar-refractivity contribution in [3.05, 3.63) is 18.0 Å². The van der Waals surface area contributed by atoms with E-state index in [1.807, 2.05) is 0 Å². The highest BCUT2D eigenvalue weighted by Crippen LogP contribution is 2.29. The Hall–Kier alpha value is -2.03. The number of alkyl halides is 2. The van der Waals surface area contributed by atoms with Crippen LogP contribution in [-0.2, 0) is 20.9 Å². The van der Waals surface area contributed by atoms with Gasteiger partial charge in [0.1, 0.15) is 6.61 Å². The number of rotatable bonds is 4.